The van der Waals surface area contributed by atoms with Crippen molar-refractivity contribution in [2.75, 3.05) is 13.2 Å². The van der Waals surface area contributed by atoms with Gasteiger partial charge < -0.3 is 10.1 Å². The van der Waals surface area contributed by atoms with E-state index >= 15 is 0 Å². The van der Waals surface area contributed by atoms with E-state index in [1.807, 2.05) is 6.92 Å². The molecule has 0 aliphatic carbocycles. The Bertz CT molecular complexity index is 359. The Morgan fingerprint density at radius 2 is 1.20 bits per heavy atom. The minimum absolute atomic E-state index is 0. The minimum Gasteiger partial charge on any atom is -0.466 e. The molecule has 0 heterocycles. The van der Waals surface area contributed by atoms with Gasteiger partial charge in [0.25, 0.3) is 0 Å². The van der Waals surface area contributed by atoms with Crippen LogP contribution in [0.5, 0.6) is 0 Å². The molecule has 0 rings (SSSR count). The summed E-state index contributed by atoms with van der Waals surface area (Å²) >= 11 is 0. The highest BCUT2D eigenvalue weighted by Gasteiger charge is 2.24. The van der Waals surface area contributed by atoms with Gasteiger partial charge in [-0.3, -0.25) is 4.79 Å². The molecule has 0 radical (unpaired) electrons. The first-order chi connectivity index (χ1) is 14.1. The molecular weight excluding hydrogens is 438 g/mol. The van der Waals surface area contributed by atoms with E-state index in [2.05, 4.69) is 26.1 Å². The average Bonchev–Trinajstić information content (AvgIpc) is 2.73. The van der Waals surface area contributed by atoms with Crippen LogP contribution < -0.4 is 5.32 Å². The number of hydrogen-bond donors (Lipinski definition) is 1. The number of ether oxygens (including phenoxy) is 1. The molecule has 4 heteroatoms. The summed E-state index contributed by atoms with van der Waals surface area (Å²) < 4.78 is 4.99. The molecule has 0 saturated heterocycles. The summed E-state index contributed by atoms with van der Waals surface area (Å²) in [5.41, 5.74) is 0.320. The van der Waals surface area contributed by atoms with E-state index in [9.17, 15) is 4.79 Å². The lowest BCUT2D eigenvalue weighted by molar-refractivity contribution is -0.143. The van der Waals surface area contributed by atoms with Crippen LogP contribution in [0.15, 0.2) is 0 Å². The predicted octanol–water partition coefficient (Wildman–Crippen LogP) is 8.54. The third kappa shape index (κ3) is 18.7. The highest BCUT2D eigenvalue weighted by molar-refractivity contribution is 8.93. The molecule has 0 aliphatic rings. The Morgan fingerprint density at radius 1 is 0.700 bits per heavy atom. The third-order valence-corrected chi connectivity index (χ3v) is 6.48. The second-order valence-corrected chi connectivity index (χ2v) is 8.82. The topological polar surface area (TPSA) is 38.3 Å². The second kappa shape index (κ2) is 23.6. The average molecular weight is 493 g/mol. The number of carbonyl (C=O) groups is 1. The first kappa shape index (κ1) is 32.1. The first-order valence-electron chi connectivity index (χ1n) is 13.0. The molecule has 1 N–H and O–H groups in total. The fourth-order valence-electron chi connectivity index (χ4n) is 4.23. The monoisotopic (exact) mass is 491 g/mol. The van der Waals surface area contributed by atoms with Crippen molar-refractivity contribution < 1.29 is 9.53 Å². The maximum absolute atomic E-state index is 11.4. The molecule has 0 aromatic carbocycles. The molecule has 0 fully saturated rings. The van der Waals surface area contributed by atoms with Crippen LogP contribution in [0.25, 0.3) is 0 Å². The number of hydrogen-bond acceptors (Lipinski definition) is 3. The quantitative estimate of drug-likeness (QED) is 0.122. The van der Waals surface area contributed by atoms with Gasteiger partial charge in [-0.15, -0.1) is 17.0 Å². The SMILES string of the molecule is Br.CCCCCCCCCCCCCC(CC)(CC)NCCCCCC(=O)OCC. The van der Waals surface area contributed by atoms with Gasteiger partial charge in [-0.2, -0.15) is 0 Å². The molecule has 0 bridgehead atoms. The van der Waals surface area contributed by atoms with Crippen LogP contribution in [0, 0.1) is 0 Å². The van der Waals surface area contributed by atoms with Gasteiger partial charge >= 0.3 is 5.97 Å². The van der Waals surface area contributed by atoms with Gasteiger partial charge in [0.2, 0.25) is 0 Å². The predicted molar refractivity (Wildman–Crippen MR) is 138 cm³/mol. The molecule has 3 nitrogen and oxygen atoms in total. The second-order valence-electron chi connectivity index (χ2n) is 8.82. The highest BCUT2D eigenvalue weighted by Crippen LogP contribution is 2.24. The Balaban J connectivity index is 0. The molecule has 0 aromatic rings. The summed E-state index contributed by atoms with van der Waals surface area (Å²) in [5, 5.41) is 3.87. The van der Waals surface area contributed by atoms with Crippen molar-refractivity contribution in [1.29, 1.82) is 0 Å². The van der Waals surface area contributed by atoms with E-state index in [-0.39, 0.29) is 23.0 Å². The van der Waals surface area contributed by atoms with Gasteiger partial charge in [0.05, 0.1) is 6.61 Å². The van der Waals surface area contributed by atoms with E-state index in [1.165, 1.54) is 89.9 Å². The molecule has 0 spiro atoms. The molecule has 0 atom stereocenters. The maximum Gasteiger partial charge on any atom is 0.305 e. The van der Waals surface area contributed by atoms with Gasteiger partial charge in [0.15, 0.2) is 0 Å². The number of halogens is 1. The molecular formula is C26H54BrNO2. The third-order valence-electron chi connectivity index (χ3n) is 6.48. The maximum atomic E-state index is 11.4. The zero-order valence-electron chi connectivity index (χ0n) is 20.9. The first-order valence-corrected chi connectivity index (χ1v) is 13.0. The number of unbranched alkanes of at least 4 members (excludes halogenated alkanes) is 12. The number of carbonyl (C=O) groups excluding carboxylic acids is 1. The summed E-state index contributed by atoms with van der Waals surface area (Å²) in [6.45, 7) is 10.4. The van der Waals surface area contributed by atoms with Crippen molar-refractivity contribution in [2.24, 2.45) is 0 Å². The van der Waals surface area contributed by atoms with Gasteiger partial charge in [-0.05, 0) is 45.6 Å². The number of rotatable bonds is 22. The van der Waals surface area contributed by atoms with Crippen LogP contribution >= 0.6 is 17.0 Å². The molecule has 0 aromatic heterocycles. The zero-order valence-corrected chi connectivity index (χ0v) is 22.6. The van der Waals surface area contributed by atoms with Crippen LogP contribution in [0.3, 0.4) is 0 Å². The van der Waals surface area contributed by atoms with E-state index < -0.39 is 0 Å². The fraction of sp³-hybridized carbons (Fsp3) is 0.962. The highest BCUT2D eigenvalue weighted by atomic mass is 79.9. The van der Waals surface area contributed by atoms with Crippen LogP contribution in [-0.4, -0.2) is 24.7 Å². The van der Waals surface area contributed by atoms with Crippen molar-refractivity contribution in [3.63, 3.8) is 0 Å². The smallest absolute Gasteiger partial charge is 0.305 e. The molecule has 0 amide bonds. The minimum atomic E-state index is -0.0478. The van der Waals surface area contributed by atoms with E-state index in [1.54, 1.807) is 0 Å². The molecule has 0 aliphatic heterocycles. The Morgan fingerprint density at radius 3 is 1.70 bits per heavy atom. The Labute approximate surface area is 199 Å². The van der Waals surface area contributed by atoms with Crippen LogP contribution in [-0.2, 0) is 9.53 Å². The lowest BCUT2D eigenvalue weighted by Crippen LogP contribution is -2.44. The van der Waals surface area contributed by atoms with Crippen molar-refractivity contribution in [3.05, 3.63) is 0 Å². The molecule has 0 saturated carbocycles. The lowest BCUT2D eigenvalue weighted by atomic mass is 9.86. The summed E-state index contributed by atoms with van der Waals surface area (Å²) in [6, 6.07) is 0. The van der Waals surface area contributed by atoms with Crippen molar-refractivity contribution in [1.82, 2.24) is 5.32 Å². The van der Waals surface area contributed by atoms with Gasteiger partial charge in [-0.1, -0.05) is 97.8 Å². The molecule has 0 unspecified atom stereocenters. The van der Waals surface area contributed by atoms with Crippen LogP contribution in [0.4, 0.5) is 0 Å². The van der Waals surface area contributed by atoms with Crippen molar-refractivity contribution >= 4 is 23.0 Å². The normalized spacial score (nSPS) is 11.3. The fourth-order valence-corrected chi connectivity index (χ4v) is 4.23. The Kier molecular flexibility index (Phi) is 25.2. The number of esters is 1. The summed E-state index contributed by atoms with van der Waals surface area (Å²) in [5.74, 6) is -0.0478. The number of nitrogens with one attached hydrogen (secondary N) is 1. The molecule has 182 valence electrons. The van der Waals surface area contributed by atoms with Gasteiger partial charge in [0.1, 0.15) is 0 Å². The van der Waals surface area contributed by atoms with Crippen molar-refractivity contribution in [3.8, 4) is 0 Å². The van der Waals surface area contributed by atoms with Crippen molar-refractivity contribution in [2.45, 2.75) is 149 Å². The summed E-state index contributed by atoms with van der Waals surface area (Å²) in [6.07, 6.45) is 23.0. The van der Waals surface area contributed by atoms with Crippen LogP contribution in [0.2, 0.25) is 0 Å². The largest absolute Gasteiger partial charge is 0.466 e. The van der Waals surface area contributed by atoms with E-state index in [0.717, 1.165) is 25.8 Å². The van der Waals surface area contributed by atoms with E-state index in [4.69, 9.17) is 4.74 Å². The zero-order chi connectivity index (χ0) is 21.6. The lowest BCUT2D eigenvalue weighted by Gasteiger charge is -2.33. The van der Waals surface area contributed by atoms with Gasteiger partial charge in [-0.25, -0.2) is 0 Å². The summed E-state index contributed by atoms with van der Waals surface area (Å²) in [7, 11) is 0. The van der Waals surface area contributed by atoms with E-state index in [0.29, 0.717) is 18.6 Å². The Hall–Kier alpha value is -0.0900. The summed E-state index contributed by atoms with van der Waals surface area (Å²) in [4.78, 5) is 11.4. The van der Waals surface area contributed by atoms with Gasteiger partial charge in [0, 0.05) is 12.0 Å². The van der Waals surface area contributed by atoms with Crippen LogP contribution in [0.1, 0.15) is 143 Å². The standard InChI is InChI=1S/C26H53NO2.BrH/c1-5-9-10-11-12-13-14-15-16-17-20-23-26(6-2,7-3)27-24-21-18-19-22-25(28)29-8-4;/h27H,5-24H2,1-4H3;1H. The molecule has 30 heavy (non-hydrogen) atoms.